The molecular weight excluding hydrogens is 877 g/mol. The Hall–Kier alpha value is -2.89. The molecule has 0 rings (SSSR count). The Morgan fingerprint density at radius 1 is 0.282 bits per heavy atom. The molecule has 1 atom stereocenters. The highest BCUT2D eigenvalue weighted by Gasteiger charge is 2.19. The second-order valence-electron chi connectivity index (χ2n) is 20.6. The molecule has 0 aliphatic heterocycles. The fourth-order valence-corrected chi connectivity index (χ4v) is 8.79. The molecule has 6 nitrogen and oxygen atoms in total. The zero-order valence-corrected chi connectivity index (χ0v) is 47.2. The lowest BCUT2D eigenvalue weighted by atomic mass is 10.0. The second kappa shape index (κ2) is 59.7. The Bertz CT molecular complexity index is 1280. The van der Waals surface area contributed by atoms with Gasteiger partial charge in [-0.3, -0.25) is 14.4 Å². The predicted octanol–water partition coefficient (Wildman–Crippen LogP) is 20.8. The maximum atomic E-state index is 12.9. The molecule has 0 saturated carbocycles. The molecule has 1 unspecified atom stereocenters. The molecular formula is C65H116O6. The first-order chi connectivity index (χ1) is 35.0. The summed E-state index contributed by atoms with van der Waals surface area (Å²) in [5, 5.41) is 0. The summed E-state index contributed by atoms with van der Waals surface area (Å²) in [6.07, 6.45) is 75.0. The van der Waals surface area contributed by atoms with E-state index in [1.165, 1.54) is 193 Å². The summed E-state index contributed by atoms with van der Waals surface area (Å²) in [5.74, 6) is -0.885. The van der Waals surface area contributed by atoms with E-state index >= 15 is 0 Å². The quantitative estimate of drug-likeness (QED) is 0.0261. The van der Waals surface area contributed by atoms with E-state index < -0.39 is 6.10 Å². The number of esters is 3. The maximum Gasteiger partial charge on any atom is 0.306 e. The van der Waals surface area contributed by atoms with Crippen LogP contribution in [0.25, 0.3) is 0 Å². The Morgan fingerprint density at radius 2 is 0.507 bits per heavy atom. The smallest absolute Gasteiger partial charge is 0.306 e. The molecule has 0 spiro atoms. The van der Waals surface area contributed by atoms with Gasteiger partial charge in [-0.1, -0.05) is 248 Å². The average Bonchev–Trinajstić information content (AvgIpc) is 3.37. The summed E-state index contributed by atoms with van der Waals surface area (Å²) in [6, 6.07) is 0. The first kappa shape index (κ1) is 68.1. The third kappa shape index (κ3) is 57.9. The van der Waals surface area contributed by atoms with Crippen molar-refractivity contribution in [2.75, 3.05) is 13.2 Å². The zero-order valence-electron chi connectivity index (χ0n) is 47.2. The van der Waals surface area contributed by atoms with Crippen LogP contribution in [0.15, 0.2) is 60.8 Å². The van der Waals surface area contributed by atoms with Gasteiger partial charge in [0.1, 0.15) is 13.2 Å². The summed E-state index contributed by atoms with van der Waals surface area (Å²) in [7, 11) is 0. The van der Waals surface area contributed by atoms with Crippen LogP contribution in [0.1, 0.15) is 316 Å². The third-order valence-electron chi connectivity index (χ3n) is 13.5. The van der Waals surface area contributed by atoms with Gasteiger partial charge in [-0.2, -0.15) is 0 Å². The van der Waals surface area contributed by atoms with Crippen molar-refractivity contribution < 1.29 is 28.6 Å². The van der Waals surface area contributed by atoms with E-state index in [1.54, 1.807) is 0 Å². The van der Waals surface area contributed by atoms with Crippen LogP contribution in [0, 0.1) is 0 Å². The van der Waals surface area contributed by atoms with Gasteiger partial charge in [-0.05, 0) is 109 Å². The summed E-state index contributed by atoms with van der Waals surface area (Å²) in [6.45, 7) is 6.61. The van der Waals surface area contributed by atoms with Crippen molar-refractivity contribution >= 4 is 17.9 Å². The number of carbonyl (C=O) groups is 3. The van der Waals surface area contributed by atoms with E-state index in [0.717, 1.165) is 83.5 Å². The summed E-state index contributed by atoms with van der Waals surface area (Å²) in [4.78, 5) is 38.2. The van der Waals surface area contributed by atoms with Gasteiger partial charge >= 0.3 is 17.9 Å². The van der Waals surface area contributed by atoms with E-state index in [0.29, 0.717) is 19.3 Å². The molecule has 6 heteroatoms. The molecule has 0 N–H and O–H groups in total. The van der Waals surface area contributed by atoms with Gasteiger partial charge in [0.2, 0.25) is 0 Å². The fourth-order valence-electron chi connectivity index (χ4n) is 8.79. The molecule has 412 valence electrons. The minimum absolute atomic E-state index is 0.0797. The zero-order chi connectivity index (χ0) is 51.4. The molecule has 0 amide bonds. The molecule has 71 heavy (non-hydrogen) atoms. The normalized spacial score (nSPS) is 12.4. The van der Waals surface area contributed by atoms with Gasteiger partial charge in [0.05, 0.1) is 0 Å². The van der Waals surface area contributed by atoms with E-state index in [-0.39, 0.29) is 31.1 Å². The van der Waals surface area contributed by atoms with Crippen molar-refractivity contribution in [2.45, 2.75) is 322 Å². The Labute approximate surface area is 440 Å². The lowest BCUT2D eigenvalue weighted by Crippen LogP contribution is -2.30. The highest BCUT2D eigenvalue weighted by molar-refractivity contribution is 5.71. The van der Waals surface area contributed by atoms with E-state index in [1.807, 2.05) is 0 Å². The van der Waals surface area contributed by atoms with Gasteiger partial charge in [-0.15, -0.1) is 0 Å². The van der Waals surface area contributed by atoms with Crippen LogP contribution < -0.4 is 0 Å². The third-order valence-corrected chi connectivity index (χ3v) is 13.5. The molecule has 0 radical (unpaired) electrons. The lowest BCUT2D eigenvalue weighted by molar-refractivity contribution is -0.167. The standard InChI is InChI=1S/C65H116O6/c1-4-7-10-13-16-19-22-25-27-29-30-31-32-33-34-36-37-40-43-46-49-52-55-58-64(67)70-61-62(60-69-63(66)57-54-51-48-45-42-39-24-21-18-15-12-9-6-3)71-65(68)59-56-53-50-47-44-41-38-35-28-26-23-20-17-14-11-8-5-2/h17,20-22,24-26,28-30,62H,4-16,18-19,23,27,31-61H2,1-3H3/b20-17-,24-21-,25-22-,28-26-,30-29-. The molecule has 0 aromatic rings. The minimum atomic E-state index is -0.783. The van der Waals surface area contributed by atoms with Crippen LogP contribution in [0.2, 0.25) is 0 Å². The molecule has 0 aliphatic carbocycles. The van der Waals surface area contributed by atoms with Crippen LogP contribution in [-0.4, -0.2) is 37.2 Å². The molecule has 0 saturated heterocycles. The molecule has 0 aromatic carbocycles. The van der Waals surface area contributed by atoms with E-state index in [9.17, 15) is 14.4 Å². The molecule has 0 aromatic heterocycles. The van der Waals surface area contributed by atoms with Crippen molar-refractivity contribution in [3.63, 3.8) is 0 Å². The van der Waals surface area contributed by atoms with Crippen LogP contribution >= 0.6 is 0 Å². The van der Waals surface area contributed by atoms with E-state index in [4.69, 9.17) is 14.2 Å². The second-order valence-corrected chi connectivity index (χ2v) is 20.6. The van der Waals surface area contributed by atoms with Gasteiger partial charge in [0, 0.05) is 19.3 Å². The SMILES string of the molecule is CCCCC/C=C\C/C=C\CCCCCCCCCC(=O)OC(COC(=O)CCCCCCC/C=C\CCCCCC)COC(=O)CCCCCCCCCCCCC/C=C\C/C=C\CCCCCCC. The number of carbonyl (C=O) groups excluding carboxylic acids is 3. The summed E-state index contributed by atoms with van der Waals surface area (Å²) >= 11 is 0. The highest BCUT2D eigenvalue weighted by Crippen LogP contribution is 2.16. The van der Waals surface area contributed by atoms with Crippen LogP contribution in [0.4, 0.5) is 0 Å². The first-order valence-corrected chi connectivity index (χ1v) is 30.8. The van der Waals surface area contributed by atoms with Crippen LogP contribution in [0.3, 0.4) is 0 Å². The largest absolute Gasteiger partial charge is 0.462 e. The molecule has 0 heterocycles. The van der Waals surface area contributed by atoms with Crippen molar-refractivity contribution in [1.29, 1.82) is 0 Å². The van der Waals surface area contributed by atoms with Crippen molar-refractivity contribution in [3.05, 3.63) is 60.8 Å². The van der Waals surface area contributed by atoms with Gasteiger partial charge in [0.15, 0.2) is 6.10 Å². The van der Waals surface area contributed by atoms with Gasteiger partial charge < -0.3 is 14.2 Å². The Kier molecular flexibility index (Phi) is 57.2. The average molecular weight is 994 g/mol. The van der Waals surface area contributed by atoms with Crippen LogP contribution in [-0.2, 0) is 28.6 Å². The first-order valence-electron chi connectivity index (χ1n) is 30.8. The Balaban J connectivity index is 4.32. The topological polar surface area (TPSA) is 78.9 Å². The van der Waals surface area contributed by atoms with Crippen molar-refractivity contribution in [3.8, 4) is 0 Å². The number of hydrogen-bond donors (Lipinski definition) is 0. The van der Waals surface area contributed by atoms with E-state index in [2.05, 4.69) is 81.5 Å². The van der Waals surface area contributed by atoms with Crippen LogP contribution in [0.5, 0.6) is 0 Å². The highest BCUT2D eigenvalue weighted by atomic mass is 16.6. The number of rotatable bonds is 56. The summed E-state index contributed by atoms with van der Waals surface area (Å²) < 4.78 is 16.9. The fraction of sp³-hybridized carbons (Fsp3) is 0.800. The number of allylic oxidation sites excluding steroid dienone is 10. The predicted molar refractivity (Wildman–Crippen MR) is 307 cm³/mol. The molecule has 0 aliphatic rings. The minimum Gasteiger partial charge on any atom is -0.462 e. The Morgan fingerprint density at radius 3 is 0.831 bits per heavy atom. The van der Waals surface area contributed by atoms with Gasteiger partial charge in [0.25, 0.3) is 0 Å². The van der Waals surface area contributed by atoms with Crippen molar-refractivity contribution in [2.24, 2.45) is 0 Å². The van der Waals surface area contributed by atoms with Gasteiger partial charge in [-0.25, -0.2) is 0 Å². The lowest BCUT2D eigenvalue weighted by Gasteiger charge is -2.18. The number of unbranched alkanes of at least 4 members (excludes halogenated alkanes) is 35. The monoisotopic (exact) mass is 993 g/mol. The van der Waals surface area contributed by atoms with Crippen molar-refractivity contribution in [1.82, 2.24) is 0 Å². The number of ether oxygens (including phenoxy) is 3. The summed E-state index contributed by atoms with van der Waals surface area (Å²) in [5.41, 5.74) is 0. The molecule has 0 fully saturated rings. The molecule has 0 bridgehead atoms. The maximum absolute atomic E-state index is 12.9. The number of hydrogen-bond acceptors (Lipinski definition) is 6.